The first-order valence-electron chi connectivity index (χ1n) is 7.60. The number of aromatic nitrogens is 2. The van der Waals surface area contributed by atoms with Crippen molar-refractivity contribution in [3.05, 3.63) is 54.4 Å². The molecule has 2 rings (SSSR count). The Morgan fingerprint density at radius 2 is 2.14 bits per heavy atom. The zero-order valence-electron chi connectivity index (χ0n) is 12.9. The van der Waals surface area contributed by atoms with Crippen LogP contribution < -0.4 is 5.32 Å². The summed E-state index contributed by atoms with van der Waals surface area (Å²) in [4.78, 5) is 11.7. The molecule has 1 heterocycles. The highest BCUT2D eigenvalue weighted by molar-refractivity contribution is 5.75. The van der Waals surface area contributed by atoms with Crippen LogP contribution in [-0.4, -0.2) is 28.8 Å². The summed E-state index contributed by atoms with van der Waals surface area (Å²) in [6.45, 7) is 4.53. The van der Waals surface area contributed by atoms with Gasteiger partial charge in [-0.2, -0.15) is 5.10 Å². The van der Waals surface area contributed by atoms with Gasteiger partial charge in [0.2, 0.25) is 5.91 Å². The summed E-state index contributed by atoms with van der Waals surface area (Å²) in [7, 11) is 0. The second-order valence-electron chi connectivity index (χ2n) is 5.43. The van der Waals surface area contributed by atoms with E-state index < -0.39 is 0 Å². The van der Waals surface area contributed by atoms with Gasteiger partial charge in [0.1, 0.15) is 0 Å². The molecular formula is C17H23N3O2. The van der Waals surface area contributed by atoms with Crippen LogP contribution in [0.15, 0.2) is 48.8 Å². The van der Waals surface area contributed by atoms with E-state index in [1.165, 1.54) is 0 Å². The summed E-state index contributed by atoms with van der Waals surface area (Å²) in [6.07, 6.45) is 4.08. The number of carbonyl (C=O) groups is 1. The van der Waals surface area contributed by atoms with Crippen LogP contribution in [0.4, 0.5) is 0 Å². The van der Waals surface area contributed by atoms with Crippen molar-refractivity contribution in [2.75, 3.05) is 13.2 Å². The van der Waals surface area contributed by atoms with Crippen LogP contribution in [-0.2, 0) is 22.7 Å². The summed E-state index contributed by atoms with van der Waals surface area (Å²) in [6, 6.07) is 11.9. The number of ether oxygens (including phenoxy) is 1. The lowest BCUT2D eigenvalue weighted by atomic mass is 10.2. The maximum absolute atomic E-state index is 11.7. The van der Waals surface area contributed by atoms with Gasteiger partial charge in [-0.05, 0) is 17.5 Å². The van der Waals surface area contributed by atoms with Crippen LogP contribution in [0.1, 0.15) is 18.9 Å². The van der Waals surface area contributed by atoms with E-state index in [0.29, 0.717) is 32.1 Å². The van der Waals surface area contributed by atoms with E-state index in [2.05, 4.69) is 17.3 Å². The van der Waals surface area contributed by atoms with Crippen LogP contribution in [0.5, 0.6) is 0 Å². The number of hydrogen-bond donors (Lipinski definition) is 1. The van der Waals surface area contributed by atoms with Gasteiger partial charge in [0.05, 0.1) is 13.2 Å². The Morgan fingerprint density at radius 3 is 2.86 bits per heavy atom. The van der Waals surface area contributed by atoms with E-state index >= 15 is 0 Å². The highest BCUT2D eigenvalue weighted by Gasteiger charge is 2.06. The molecule has 0 saturated carbocycles. The summed E-state index contributed by atoms with van der Waals surface area (Å²) in [5.74, 6) is 0.370. The summed E-state index contributed by atoms with van der Waals surface area (Å²) in [5, 5.41) is 7.09. The molecule has 0 bridgehead atoms. The molecule has 2 aromatic rings. The molecule has 118 valence electrons. The fraction of sp³-hybridized carbons (Fsp3) is 0.412. The second-order valence-corrected chi connectivity index (χ2v) is 5.43. The van der Waals surface area contributed by atoms with Crippen molar-refractivity contribution < 1.29 is 9.53 Å². The van der Waals surface area contributed by atoms with E-state index in [4.69, 9.17) is 4.74 Å². The Balaban J connectivity index is 1.54. The van der Waals surface area contributed by atoms with Crippen LogP contribution in [0.3, 0.4) is 0 Å². The quantitative estimate of drug-likeness (QED) is 0.723. The average molecular weight is 301 g/mol. The molecule has 0 saturated heterocycles. The van der Waals surface area contributed by atoms with Crippen LogP contribution in [0.25, 0.3) is 0 Å². The molecule has 0 aliphatic heterocycles. The first-order valence-corrected chi connectivity index (χ1v) is 7.60. The number of nitrogens with one attached hydrogen (secondary N) is 1. The highest BCUT2D eigenvalue weighted by atomic mass is 16.5. The molecule has 1 amide bonds. The smallest absolute Gasteiger partial charge is 0.222 e. The molecule has 0 aliphatic carbocycles. The van der Waals surface area contributed by atoms with Crippen molar-refractivity contribution in [1.82, 2.24) is 15.1 Å². The molecule has 0 radical (unpaired) electrons. The predicted octanol–water partition coefficient (Wildman–Crippen LogP) is 2.24. The largest absolute Gasteiger partial charge is 0.376 e. The Labute approximate surface area is 131 Å². The molecular weight excluding hydrogens is 278 g/mol. The summed E-state index contributed by atoms with van der Waals surface area (Å²) in [5.41, 5.74) is 1.12. The molecule has 1 N–H and O–H groups in total. The summed E-state index contributed by atoms with van der Waals surface area (Å²) < 4.78 is 7.38. The minimum absolute atomic E-state index is 0.0281. The Morgan fingerprint density at radius 1 is 1.32 bits per heavy atom. The molecule has 1 aromatic heterocycles. The lowest BCUT2D eigenvalue weighted by Gasteiger charge is -2.13. The number of nitrogens with zero attached hydrogens (tertiary/aromatic N) is 2. The zero-order valence-corrected chi connectivity index (χ0v) is 12.9. The highest BCUT2D eigenvalue weighted by Crippen LogP contribution is 2.01. The van der Waals surface area contributed by atoms with E-state index in [0.717, 1.165) is 12.1 Å². The molecule has 0 aliphatic rings. The second kappa shape index (κ2) is 9.00. The van der Waals surface area contributed by atoms with Gasteiger partial charge in [-0.15, -0.1) is 0 Å². The minimum atomic E-state index is 0.0281. The number of rotatable bonds is 9. The van der Waals surface area contributed by atoms with Crippen molar-refractivity contribution in [2.45, 2.75) is 26.5 Å². The van der Waals surface area contributed by atoms with Crippen molar-refractivity contribution in [3.63, 3.8) is 0 Å². The fourth-order valence-electron chi connectivity index (χ4n) is 2.10. The predicted molar refractivity (Wildman–Crippen MR) is 85.1 cm³/mol. The first kappa shape index (κ1) is 16.2. The maximum atomic E-state index is 11.7. The third kappa shape index (κ3) is 6.10. The first-order chi connectivity index (χ1) is 10.7. The normalized spacial score (nSPS) is 12.0. The Kier molecular flexibility index (Phi) is 6.64. The molecule has 22 heavy (non-hydrogen) atoms. The zero-order chi connectivity index (χ0) is 15.6. The van der Waals surface area contributed by atoms with Gasteiger partial charge >= 0.3 is 0 Å². The molecule has 5 heteroatoms. The van der Waals surface area contributed by atoms with Crippen molar-refractivity contribution in [1.29, 1.82) is 0 Å². The van der Waals surface area contributed by atoms with Gasteiger partial charge < -0.3 is 10.1 Å². The van der Waals surface area contributed by atoms with Gasteiger partial charge in [0.25, 0.3) is 0 Å². The summed E-state index contributed by atoms with van der Waals surface area (Å²) >= 11 is 0. The fourth-order valence-corrected chi connectivity index (χ4v) is 2.10. The van der Waals surface area contributed by atoms with E-state index in [-0.39, 0.29) is 5.91 Å². The minimum Gasteiger partial charge on any atom is -0.376 e. The molecule has 5 nitrogen and oxygen atoms in total. The van der Waals surface area contributed by atoms with Crippen molar-refractivity contribution in [2.24, 2.45) is 5.92 Å². The third-order valence-electron chi connectivity index (χ3n) is 3.29. The molecule has 1 atom stereocenters. The molecule has 0 unspecified atom stereocenters. The maximum Gasteiger partial charge on any atom is 0.222 e. The van der Waals surface area contributed by atoms with Gasteiger partial charge in [0.15, 0.2) is 0 Å². The van der Waals surface area contributed by atoms with Gasteiger partial charge in [-0.25, -0.2) is 0 Å². The monoisotopic (exact) mass is 301 g/mol. The van der Waals surface area contributed by atoms with Crippen LogP contribution >= 0.6 is 0 Å². The third-order valence-corrected chi connectivity index (χ3v) is 3.29. The Hall–Kier alpha value is -2.14. The van der Waals surface area contributed by atoms with Gasteiger partial charge in [-0.1, -0.05) is 37.3 Å². The van der Waals surface area contributed by atoms with Crippen LogP contribution in [0, 0.1) is 5.92 Å². The molecule has 0 fully saturated rings. The SMILES string of the molecule is C[C@H](CNC(=O)CCOCc1ccccc1)Cn1cccn1. The van der Waals surface area contributed by atoms with Gasteiger partial charge in [-0.3, -0.25) is 9.48 Å². The number of benzene rings is 1. The average Bonchev–Trinajstić information content (AvgIpc) is 3.03. The lowest BCUT2D eigenvalue weighted by molar-refractivity contribution is -0.122. The van der Waals surface area contributed by atoms with Crippen molar-refractivity contribution >= 4 is 5.91 Å². The van der Waals surface area contributed by atoms with Gasteiger partial charge in [0, 0.05) is 31.9 Å². The number of amides is 1. The van der Waals surface area contributed by atoms with Crippen molar-refractivity contribution in [3.8, 4) is 0 Å². The van der Waals surface area contributed by atoms with Crippen LogP contribution in [0.2, 0.25) is 0 Å². The van der Waals surface area contributed by atoms with E-state index in [1.54, 1.807) is 6.20 Å². The number of carbonyl (C=O) groups excluding carboxylic acids is 1. The van der Waals surface area contributed by atoms with E-state index in [9.17, 15) is 4.79 Å². The number of hydrogen-bond acceptors (Lipinski definition) is 3. The Bertz CT molecular complexity index is 540. The topological polar surface area (TPSA) is 56.1 Å². The molecule has 1 aromatic carbocycles. The molecule has 0 spiro atoms. The lowest BCUT2D eigenvalue weighted by Crippen LogP contribution is -2.30. The van der Waals surface area contributed by atoms with E-state index in [1.807, 2.05) is 47.3 Å². The standard InChI is InChI=1S/C17H23N3O2/c1-15(13-20-10-5-9-19-20)12-18-17(21)8-11-22-14-16-6-3-2-4-7-16/h2-7,9-10,15H,8,11-14H2,1H3,(H,18,21)/t15-/m1/s1.